The molecule has 4 heteroatoms. The van der Waals surface area contributed by atoms with E-state index < -0.39 is 0 Å². The van der Waals surface area contributed by atoms with E-state index in [0.29, 0.717) is 19.6 Å². The highest BCUT2D eigenvalue weighted by Crippen LogP contribution is 2.08. The molecule has 0 spiro atoms. The Bertz CT molecular complexity index is 368. The molecule has 4 nitrogen and oxygen atoms in total. The van der Waals surface area contributed by atoms with E-state index in [4.69, 9.17) is 4.74 Å². The van der Waals surface area contributed by atoms with Gasteiger partial charge in [-0.15, -0.1) is 0 Å². The second-order valence-corrected chi connectivity index (χ2v) is 4.38. The van der Waals surface area contributed by atoms with Gasteiger partial charge in [0.1, 0.15) is 0 Å². The van der Waals surface area contributed by atoms with Crippen LogP contribution in [0.5, 0.6) is 0 Å². The molecule has 1 saturated heterocycles. The molecule has 1 fully saturated rings. The van der Waals surface area contributed by atoms with Crippen molar-refractivity contribution in [1.82, 2.24) is 9.88 Å². The number of nitrogens with zero attached hydrogens (tertiary/aromatic N) is 2. The normalized spacial score (nSPS) is 18.5. The number of hydrogen-bond donors (Lipinski definition) is 0. The second-order valence-electron chi connectivity index (χ2n) is 4.38. The van der Waals surface area contributed by atoms with Crippen LogP contribution in [0.2, 0.25) is 0 Å². The van der Waals surface area contributed by atoms with E-state index in [1.54, 1.807) is 6.20 Å². The monoisotopic (exact) mass is 264 g/mol. The van der Waals surface area contributed by atoms with Crippen LogP contribution in [0.4, 0.5) is 0 Å². The van der Waals surface area contributed by atoms with Crippen LogP contribution in [-0.4, -0.2) is 41.6 Å². The van der Waals surface area contributed by atoms with Crippen molar-refractivity contribution < 1.29 is 9.53 Å². The van der Waals surface area contributed by atoms with Crippen LogP contribution in [0, 0.1) is 0 Å². The summed E-state index contributed by atoms with van der Waals surface area (Å²) in [6.07, 6.45) is 5.03. The van der Waals surface area contributed by atoms with Crippen LogP contribution in [0.1, 0.15) is 32.8 Å². The highest BCUT2D eigenvalue weighted by Gasteiger charge is 2.20. The Balaban J connectivity index is 0.000000861. The average molecular weight is 264 g/mol. The van der Waals surface area contributed by atoms with E-state index in [0.717, 1.165) is 18.5 Å². The van der Waals surface area contributed by atoms with Crippen molar-refractivity contribution in [2.75, 3.05) is 19.7 Å². The number of rotatable bonds is 3. The van der Waals surface area contributed by atoms with Gasteiger partial charge in [0.2, 0.25) is 5.91 Å². The Kier molecular flexibility index (Phi) is 7.11. The molecule has 0 aliphatic carbocycles. The van der Waals surface area contributed by atoms with Gasteiger partial charge in [0.05, 0.1) is 12.7 Å². The molecule has 0 N–H and O–H groups in total. The third-order valence-electron chi connectivity index (χ3n) is 2.94. The third kappa shape index (κ3) is 5.39. The molecule has 19 heavy (non-hydrogen) atoms. The van der Waals surface area contributed by atoms with Gasteiger partial charge in [-0.2, -0.15) is 0 Å². The van der Waals surface area contributed by atoms with Crippen molar-refractivity contribution in [3.8, 4) is 0 Å². The number of hydrogen-bond acceptors (Lipinski definition) is 3. The Morgan fingerprint density at radius 2 is 2.32 bits per heavy atom. The van der Waals surface area contributed by atoms with E-state index in [1.807, 2.05) is 44.0 Å². The van der Waals surface area contributed by atoms with Gasteiger partial charge < -0.3 is 9.64 Å². The number of ether oxygens (including phenoxy) is 1. The standard InChI is InChI=1S/C13H18N2O2.C2H6/c1-11-10-15(7-8-17-11)13(16)5-4-12-3-2-6-14-9-12;1-2/h2-3,6,9,11H,4-5,7-8,10H2,1H3;1-2H3. The van der Waals surface area contributed by atoms with E-state index in [1.165, 1.54) is 0 Å². The van der Waals surface area contributed by atoms with Crippen molar-refractivity contribution in [2.24, 2.45) is 0 Å². The lowest BCUT2D eigenvalue weighted by molar-refractivity contribution is -0.138. The Labute approximate surface area is 115 Å². The first-order valence-corrected chi connectivity index (χ1v) is 7.04. The fourth-order valence-electron chi connectivity index (χ4n) is 2.00. The summed E-state index contributed by atoms with van der Waals surface area (Å²) in [5, 5.41) is 0. The van der Waals surface area contributed by atoms with Gasteiger partial charge in [-0.3, -0.25) is 9.78 Å². The zero-order valence-corrected chi connectivity index (χ0v) is 12.1. The van der Waals surface area contributed by atoms with Crippen molar-refractivity contribution >= 4 is 5.91 Å². The van der Waals surface area contributed by atoms with E-state index in [9.17, 15) is 4.79 Å². The van der Waals surface area contributed by atoms with Crippen LogP contribution in [0.25, 0.3) is 0 Å². The molecule has 2 heterocycles. The smallest absolute Gasteiger partial charge is 0.223 e. The minimum Gasteiger partial charge on any atom is -0.375 e. The Morgan fingerprint density at radius 3 is 2.95 bits per heavy atom. The molecule has 1 aliphatic heterocycles. The molecule has 0 radical (unpaired) electrons. The molecule has 1 amide bonds. The number of amides is 1. The first kappa shape index (κ1) is 15.6. The first-order chi connectivity index (χ1) is 9.25. The van der Waals surface area contributed by atoms with Crippen molar-refractivity contribution in [3.05, 3.63) is 30.1 Å². The zero-order chi connectivity index (χ0) is 14.1. The van der Waals surface area contributed by atoms with Gasteiger partial charge in [-0.25, -0.2) is 0 Å². The van der Waals surface area contributed by atoms with Crippen LogP contribution >= 0.6 is 0 Å². The van der Waals surface area contributed by atoms with Crippen molar-refractivity contribution in [1.29, 1.82) is 0 Å². The summed E-state index contributed by atoms with van der Waals surface area (Å²) in [6.45, 7) is 8.09. The molecule has 106 valence electrons. The lowest BCUT2D eigenvalue weighted by atomic mass is 10.1. The van der Waals surface area contributed by atoms with Crippen LogP contribution in [0.15, 0.2) is 24.5 Å². The fraction of sp³-hybridized carbons (Fsp3) is 0.600. The highest BCUT2D eigenvalue weighted by molar-refractivity contribution is 5.76. The average Bonchev–Trinajstić information content (AvgIpc) is 2.48. The molecule has 1 aliphatic rings. The van der Waals surface area contributed by atoms with Gasteiger partial charge in [-0.1, -0.05) is 19.9 Å². The predicted octanol–water partition coefficient (Wildman–Crippen LogP) is 2.29. The largest absolute Gasteiger partial charge is 0.375 e. The van der Waals surface area contributed by atoms with Gasteiger partial charge in [0.15, 0.2) is 0 Å². The maximum absolute atomic E-state index is 12.0. The van der Waals surface area contributed by atoms with E-state index in [-0.39, 0.29) is 12.0 Å². The summed E-state index contributed by atoms with van der Waals surface area (Å²) < 4.78 is 5.42. The summed E-state index contributed by atoms with van der Waals surface area (Å²) in [4.78, 5) is 17.9. The van der Waals surface area contributed by atoms with Crippen LogP contribution in [0.3, 0.4) is 0 Å². The molecule has 1 aromatic heterocycles. The fourth-order valence-corrected chi connectivity index (χ4v) is 2.00. The van der Waals surface area contributed by atoms with Crippen LogP contribution in [-0.2, 0) is 16.0 Å². The SMILES string of the molecule is CC.CC1CN(C(=O)CCc2cccnc2)CCO1. The number of aromatic nitrogens is 1. The lowest BCUT2D eigenvalue weighted by Gasteiger charge is -2.31. The summed E-state index contributed by atoms with van der Waals surface area (Å²) in [5.74, 6) is 0.212. The van der Waals surface area contributed by atoms with Gasteiger partial charge >= 0.3 is 0 Å². The third-order valence-corrected chi connectivity index (χ3v) is 2.94. The molecule has 0 bridgehead atoms. The summed E-state index contributed by atoms with van der Waals surface area (Å²) in [7, 11) is 0. The summed E-state index contributed by atoms with van der Waals surface area (Å²) >= 11 is 0. The Morgan fingerprint density at radius 1 is 1.53 bits per heavy atom. The highest BCUT2D eigenvalue weighted by atomic mass is 16.5. The van der Waals surface area contributed by atoms with E-state index in [2.05, 4.69) is 4.98 Å². The maximum atomic E-state index is 12.0. The molecule has 0 saturated carbocycles. The topological polar surface area (TPSA) is 42.4 Å². The lowest BCUT2D eigenvalue weighted by Crippen LogP contribution is -2.44. The molecular formula is C15H24N2O2. The molecule has 1 aromatic rings. The zero-order valence-electron chi connectivity index (χ0n) is 12.1. The van der Waals surface area contributed by atoms with Gasteiger partial charge in [0.25, 0.3) is 0 Å². The van der Waals surface area contributed by atoms with Gasteiger partial charge in [0, 0.05) is 31.9 Å². The second kappa shape index (κ2) is 8.64. The summed E-state index contributed by atoms with van der Waals surface area (Å²) in [5.41, 5.74) is 1.11. The van der Waals surface area contributed by atoms with Gasteiger partial charge in [-0.05, 0) is 25.0 Å². The number of pyridine rings is 1. The number of aryl methyl sites for hydroxylation is 1. The van der Waals surface area contributed by atoms with Crippen molar-refractivity contribution in [3.63, 3.8) is 0 Å². The molecule has 2 rings (SSSR count). The minimum atomic E-state index is 0.158. The molecule has 1 atom stereocenters. The summed E-state index contributed by atoms with van der Waals surface area (Å²) in [6, 6.07) is 3.90. The Hall–Kier alpha value is -1.42. The molecule has 1 unspecified atom stereocenters. The predicted molar refractivity (Wildman–Crippen MR) is 75.9 cm³/mol. The quantitative estimate of drug-likeness (QED) is 0.841. The number of carbonyl (C=O) groups excluding carboxylic acids is 1. The minimum absolute atomic E-state index is 0.158. The van der Waals surface area contributed by atoms with Crippen LogP contribution < -0.4 is 0 Å². The maximum Gasteiger partial charge on any atom is 0.223 e. The number of morpholine rings is 1. The number of carbonyl (C=O) groups is 1. The molecular weight excluding hydrogens is 240 g/mol. The first-order valence-electron chi connectivity index (χ1n) is 7.04. The van der Waals surface area contributed by atoms with E-state index >= 15 is 0 Å². The molecule has 0 aromatic carbocycles. The van der Waals surface area contributed by atoms with Crippen molar-refractivity contribution in [2.45, 2.75) is 39.7 Å².